The molecule has 0 aromatic heterocycles. The lowest BCUT2D eigenvalue weighted by molar-refractivity contribution is -0.266. The topological polar surface area (TPSA) is 29.5 Å². The Labute approximate surface area is 162 Å². The van der Waals surface area contributed by atoms with E-state index in [1.54, 1.807) is 0 Å². The highest BCUT2D eigenvalue weighted by molar-refractivity contribution is 5.07. The second-order valence-corrected chi connectivity index (χ2v) is 11.8. The van der Waals surface area contributed by atoms with Gasteiger partial charge in [-0.15, -0.1) is 0 Å². The Morgan fingerprint density at radius 3 is 2.31 bits per heavy atom. The molecule has 0 saturated heterocycles. The zero-order valence-electron chi connectivity index (χ0n) is 18.5. The summed E-state index contributed by atoms with van der Waals surface area (Å²) in [6.45, 7) is 15.9. The minimum atomic E-state index is -0.643. The molecular formula is C24H44O2. The van der Waals surface area contributed by atoms with E-state index in [0.717, 1.165) is 30.1 Å². The maximum absolute atomic E-state index is 11.1. The molecule has 0 amide bonds. The second-order valence-electron chi connectivity index (χ2n) is 11.8. The van der Waals surface area contributed by atoms with Gasteiger partial charge in [-0.2, -0.15) is 0 Å². The van der Waals surface area contributed by atoms with E-state index in [-0.39, 0.29) is 11.0 Å². The summed E-state index contributed by atoms with van der Waals surface area (Å²) in [4.78, 5) is 0. The van der Waals surface area contributed by atoms with Gasteiger partial charge in [0.1, 0.15) is 0 Å². The van der Waals surface area contributed by atoms with Crippen LogP contribution in [0.2, 0.25) is 0 Å². The van der Waals surface area contributed by atoms with E-state index in [1.165, 1.54) is 44.9 Å². The molecule has 6 unspecified atom stereocenters. The van der Waals surface area contributed by atoms with Crippen molar-refractivity contribution in [1.29, 1.82) is 0 Å². The van der Waals surface area contributed by atoms with Crippen molar-refractivity contribution in [2.24, 2.45) is 40.4 Å². The molecule has 26 heavy (non-hydrogen) atoms. The first-order chi connectivity index (χ1) is 12.0. The minimum absolute atomic E-state index is 0.0971. The smallest absolute Gasteiger partial charge is 0.160 e. The lowest BCUT2D eigenvalue weighted by Gasteiger charge is -2.62. The van der Waals surface area contributed by atoms with Gasteiger partial charge in [-0.05, 0) is 101 Å². The zero-order valence-corrected chi connectivity index (χ0v) is 18.5. The van der Waals surface area contributed by atoms with Crippen LogP contribution in [-0.4, -0.2) is 17.0 Å². The highest BCUT2D eigenvalue weighted by atomic mass is 16.6. The van der Waals surface area contributed by atoms with Crippen molar-refractivity contribution in [2.75, 3.05) is 0 Å². The molecule has 3 aliphatic carbocycles. The summed E-state index contributed by atoms with van der Waals surface area (Å²) in [5.41, 5.74) is 0.00301. The predicted octanol–water partition coefficient (Wildman–Crippen LogP) is 6.41. The molecule has 2 heteroatoms. The third-order valence-electron chi connectivity index (χ3n) is 8.69. The van der Waals surface area contributed by atoms with E-state index >= 15 is 0 Å². The van der Waals surface area contributed by atoms with E-state index < -0.39 is 6.29 Å². The molecule has 3 saturated carbocycles. The first kappa shape index (κ1) is 20.6. The van der Waals surface area contributed by atoms with Crippen LogP contribution in [-0.2, 0) is 4.74 Å². The Kier molecular flexibility index (Phi) is 5.61. The van der Waals surface area contributed by atoms with Crippen LogP contribution in [0.4, 0.5) is 0 Å². The molecule has 1 N–H and O–H groups in total. The molecule has 0 spiro atoms. The van der Waals surface area contributed by atoms with Gasteiger partial charge < -0.3 is 9.84 Å². The molecular weight excluding hydrogens is 320 g/mol. The van der Waals surface area contributed by atoms with Gasteiger partial charge in [-0.25, -0.2) is 0 Å². The van der Waals surface area contributed by atoms with Crippen LogP contribution in [0.25, 0.3) is 0 Å². The van der Waals surface area contributed by atoms with Crippen LogP contribution in [0, 0.1) is 40.4 Å². The number of ether oxygens (including phenoxy) is 1. The normalized spacial score (nSPS) is 45.1. The average molecular weight is 365 g/mol. The lowest BCUT2D eigenvalue weighted by atomic mass is 9.43. The van der Waals surface area contributed by atoms with E-state index in [1.807, 2.05) is 0 Å². The average Bonchev–Trinajstić information content (AvgIpc) is 2.52. The Hall–Kier alpha value is -0.0800. The molecule has 0 heterocycles. The van der Waals surface area contributed by atoms with Crippen LogP contribution in [0.15, 0.2) is 0 Å². The minimum Gasteiger partial charge on any atom is -0.367 e. The van der Waals surface area contributed by atoms with Crippen molar-refractivity contribution >= 4 is 0 Å². The van der Waals surface area contributed by atoms with Gasteiger partial charge in [0, 0.05) is 5.41 Å². The quantitative estimate of drug-likeness (QED) is 0.586. The number of rotatable bonds is 3. The van der Waals surface area contributed by atoms with Crippen molar-refractivity contribution in [1.82, 2.24) is 0 Å². The van der Waals surface area contributed by atoms with E-state index in [2.05, 4.69) is 48.5 Å². The lowest BCUT2D eigenvalue weighted by Crippen LogP contribution is -2.58. The number of fused-ring (bicyclic) bond motifs is 3. The van der Waals surface area contributed by atoms with Gasteiger partial charge in [0.2, 0.25) is 0 Å². The van der Waals surface area contributed by atoms with Crippen molar-refractivity contribution in [3.63, 3.8) is 0 Å². The summed E-state index contributed by atoms with van der Waals surface area (Å²) in [7, 11) is 0. The van der Waals surface area contributed by atoms with Crippen LogP contribution in [0.5, 0.6) is 0 Å². The second kappa shape index (κ2) is 7.07. The molecule has 0 radical (unpaired) electrons. The van der Waals surface area contributed by atoms with E-state index in [4.69, 9.17) is 4.74 Å². The molecule has 3 fully saturated rings. The molecule has 3 aliphatic rings. The first-order valence-electron chi connectivity index (χ1n) is 11.3. The summed E-state index contributed by atoms with van der Waals surface area (Å²) in [6.07, 6.45) is 9.98. The Morgan fingerprint density at radius 1 is 1.00 bits per heavy atom. The summed E-state index contributed by atoms with van der Waals surface area (Å²) in [5, 5.41) is 11.1. The molecule has 3 rings (SSSR count). The fraction of sp³-hybridized carbons (Fsp3) is 1.00. The molecule has 152 valence electrons. The first-order valence-corrected chi connectivity index (χ1v) is 11.3. The number of aliphatic hydroxyl groups is 1. The van der Waals surface area contributed by atoms with Gasteiger partial charge in [0.05, 0.1) is 5.60 Å². The summed E-state index contributed by atoms with van der Waals surface area (Å²) >= 11 is 0. The van der Waals surface area contributed by atoms with Crippen LogP contribution < -0.4 is 0 Å². The third-order valence-corrected chi connectivity index (χ3v) is 8.69. The summed E-state index contributed by atoms with van der Waals surface area (Å²) in [6, 6.07) is 0. The van der Waals surface area contributed by atoms with Crippen LogP contribution >= 0.6 is 0 Å². The molecule has 0 aromatic carbocycles. The van der Waals surface area contributed by atoms with Gasteiger partial charge in [-0.1, -0.05) is 34.1 Å². The fourth-order valence-electron chi connectivity index (χ4n) is 7.29. The number of aliphatic hydroxyl groups excluding tert-OH is 1. The highest BCUT2D eigenvalue weighted by Crippen LogP contribution is 2.65. The molecule has 0 aliphatic heterocycles. The van der Waals surface area contributed by atoms with Crippen molar-refractivity contribution < 1.29 is 9.84 Å². The monoisotopic (exact) mass is 364 g/mol. The molecule has 0 aromatic rings. The van der Waals surface area contributed by atoms with Crippen molar-refractivity contribution in [3.05, 3.63) is 0 Å². The predicted molar refractivity (Wildman–Crippen MR) is 109 cm³/mol. The Morgan fingerprint density at radius 2 is 1.69 bits per heavy atom. The van der Waals surface area contributed by atoms with Crippen molar-refractivity contribution in [2.45, 2.75) is 112 Å². The largest absolute Gasteiger partial charge is 0.367 e. The maximum atomic E-state index is 11.1. The third kappa shape index (κ3) is 3.62. The van der Waals surface area contributed by atoms with Crippen molar-refractivity contribution in [3.8, 4) is 0 Å². The Bertz CT molecular complexity index is 493. The van der Waals surface area contributed by atoms with Gasteiger partial charge in [0.15, 0.2) is 6.29 Å². The summed E-state index contributed by atoms with van der Waals surface area (Å²) < 4.78 is 6.11. The number of hydrogen-bond acceptors (Lipinski definition) is 2. The van der Waals surface area contributed by atoms with Crippen LogP contribution in [0.3, 0.4) is 0 Å². The van der Waals surface area contributed by atoms with Gasteiger partial charge >= 0.3 is 0 Å². The van der Waals surface area contributed by atoms with Gasteiger partial charge in [-0.3, -0.25) is 0 Å². The van der Waals surface area contributed by atoms with E-state index in [9.17, 15) is 5.11 Å². The number of hydrogen-bond donors (Lipinski definition) is 1. The van der Waals surface area contributed by atoms with Crippen LogP contribution in [0.1, 0.15) is 99.8 Å². The Balaban J connectivity index is 1.82. The maximum Gasteiger partial charge on any atom is 0.160 e. The zero-order chi connectivity index (χ0) is 19.3. The fourth-order valence-corrected chi connectivity index (χ4v) is 7.29. The highest BCUT2D eigenvalue weighted by Gasteiger charge is 2.59. The SMILES string of the molecule is CC(C)C1CCC2C(CCC3C(C)(C(O)OC(C)(C)C)CCC[C@]23C)C1. The molecule has 0 bridgehead atoms. The molecule has 7 atom stereocenters. The van der Waals surface area contributed by atoms with Gasteiger partial charge in [0.25, 0.3) is 0 Å². The molecule has 2 nitrogen and oxygen atoms in total. The standard InChI is InChI=1S/C24H44O2/c1-16(2)17-9-11-19-18(15-17)10-12-20-23(19,6)13-8-14-24(20,7)21(25)26-22(3,4)5/h16-21,25H,8-15H2,1-7H3/t17?,18?,19?,20?,21?,23-,24?/m1/s1. The van der Waals surface area contributed by atoms with E-state index in [0.29, 0.717) is 11.3 Å². The summed E-state index contributed by atoms with van der Waals surface area (Å²) in [5.74, 6) is 4.14.